The summed E-state index contributed by atoms with van der Waals surface area (Å²) in [5.41, 5.74) is 0.460. The summed E-state index contributed by atoms with van der Waals surface area (Å²) in [5.74, 6) is 1.52. The highest BCUT2D eigenvalue weighted by molar-refractivity contribution is 6.32. The number of aromatic nitrogens is 1. The lowest BCUT2D eigenvalue weighted by Crippen LogP contribution is -2.27. The first-order chi connectivity index (χ1) is 9.16. The molecule has 1 aromatic heterocycles. The van der Waals surface area contributed by atoms with Gasteiger partial charge in [-0.1, -0.05) is 44.2 Å². The maximum absolute atomic E-state index is 11.9. The van der Waals surface area contributed by atoms with Crippen LogP contribution in [-0.2, 0) is 0 Å². The van der Waals surface area contributed by atoms with Crippen LogP contribution in [0.4, 0.5) is 0 Å². The van der Waals surface area contributed by atoms with Crippen LogP contribution in [0, 0.1) is 11.8 Å². The number of nitrogens with zero attached hydrogens (tertiary/aromatic N) is 1. The third-order valence-corrected chi connectivity index (χ3v) is 4.28. The molecule has 0 unspecified atom stereocenters. The van der Waals surface area contributed by atoms with Crippen LogP contribution in [0.25, 0.3) is 0 Å². The molecule has 0 aromatic carbocycles. The van der Waals surface area contributed by atoms with Crippen molar-refractivity contribution in [1.82, 2.24) is 10.3 Å². The van der Waals surface area contributed by atoms with E-state index >= 15 is 0 Å². The van der Waals surface area contributed by atoms with E-state index in [4.69, 9.17) is 11.6 Å². The summed E-state index contributed by atoms with van der Waals surface area (Å²) in [6.45, 7) is 3.05. The molecule has 1 heterocycles. The molecule has 3 nitrogen and oxygen atoms in total. The molecule has 0 aliphatic heterocycles. The summed E-state index contributed by atoms with van der Waals surface area (Å²) in [4.78, 5) is 15.8. The van der Waals surface area contributed by atoms with Crippen molar-refractivity contribution >= 4 is 17.5 Å². The van der Waals surface area contributed by atoms with Crippen molar-refractivity contribution in [2.45, 2.75) is 39.0 Å². The summed E-state index contributed by atoms with van der Waals surface area (Å²) in [6, 6.07) is 3.43. The molecule has 0 radical (unpaired) electrons. The Balaban J connectivity index is 1.74. The van der Waals surface area contributed by atoms with Gasteiger partial charge in [-0.25, -0.2) is 4.98 Å². The fourth-order valence-corrected chi connectivity index (χ4v) is 2.86. The number of carbonyl (C=O) groups excluding carboxylic acids is 1. The number of nitrogens with one attached hydrogen (secondary N) is 1. The van der Waals surface area contributed by atoms with Crippen molar-refractivity contribution in [3.05, 3.63) is 29.0 Å². The van der Waals surface area contributed by atoms with Gasteiger partial charge in [0.05, 0.1) is 5.56 Å². The summed E-state index contributed by atoms with van der Waals surface area (Å²) in [6.07, 6.45) is 7.90. The monoisotopic (exact) mass is 280 g/mol. The molecule has 1 aromatic rings. The smallest absolute Gasteiger partial charge is 0.254 e. The number of hydrogen-bond donors (Lipinski definition) is 1. The lowest BCUT2D eigenvalue weighted by Gasteiger charge is -2.26. The Bertz CT molecular complexity index is 428. The lowest BCUT2D eigenvalue weighted by molar-refractivity contribution is 0.0949. The molecule has 0 atom stereocenters. The van der Waals surface area contributed by atoms with Crippen molar-refractivity contribution in [2.75, 3.05) is 6.54 Å². The number of rotatable bonds is 4. The first-order valence-electron chi connectivity index (χ1n) is 7.05. The van der Waals surface area contributed by atoms with Gasteiger partial charge in [0.2, 0.25) is 0 Å². The van der Waals surface area contributed by atoms with Gasteiger partial charge in [0, 0.05) is 12.7 Å². The van der Waals surface area contributed by atoms with Gasteiger partial charge in [-0.2, -0.15) is 0 Å². The summed E-state index contributed by atoms with van der Waals surface area (Å²) < 4.78 is 0. The van der Waals surface area contributed by atoms with Gasteiger partial charge in [-0.15, -0.1) is 0 Å². The van der Waals surface area contributed by atoms with E-state index in [9.17, 15) is 4.79 Å². The van der Waals surface area contributed by atoms with E-state index in [1.54, 1.807) is 18.3 Å². The quantitative estimate of drug-likeness (QED) is 0.855. The highest BCUT2D eigenvalue weighted by Gasteiger charge is 2.18. The lowest BCUT2D eigenvalue weighted by atomic mass is 9.81. The standard InChI is InChI=1S/C15H21ClN2O/c1-11-4-6-12(7-5-11)8-10-18-15(19)13-3-2-9-17-14(13)16/h2-3,9,11-12H,4-8,10H2,1H3,(H,18,19). The van der Waals surface area contributed by atoms with Crippen molar-refractivity contribution in [2.24, 2.45) is 11.8 Å². The Morgan fingerprint density at radius 2 is 2.16 bits per heavy atom. The highest BCUT2D eigenvalue weighted by Crippen LogP contribution is 2.29. The zero-order chi connectivity index (χ0) is 13.7. The van der Waals surface area contributed by atoms with Gasteiger partial charge >= 0.3 is 0 Å². The van der Waals surface area contributed by atoms with Gasteiger partial charge in [0.1, 0.15) is 5.15 Å². The van der Waals surface area contributed by atoms with Crippen molar-refractivity contribution in [3.63, 3.8) is 0 Å². The van der Waals surface area contributed by atoms with Gasteiger partial charge in [0.15, 0.2) is 0 Å². The minimum Gasteiger partial charge on any atom is -0.352 e. The third-order valence-electron chi connectivity index (χ3n) is 3.98. The van der Waals surface area contributed by atoms with E-state index in [-0.39, 0.29) is 11.1 Å². The Hall–Kier alpha value is -1.09. The molecule has 1 fully saturated rings. The number of amides is 1. The third kappa shape index (κ3) is 4.20. The number of carbonyl (C=O) groups is 1. The fraction of sp³-hybridized carbons (Fsp3) is 0.600. The van der Waals surface area contributed by atoms with Gasteiger partial charge in [0.25, 0.3) is 5.91 Å². The largest absolute Gasteiger partial charge is 0.352 e. The van der Waals surface area contributed by atoms with Crippen LogP contribution < -0.4 is 5.32 Å². The molecular formula is C15H21ClN2O. The Kier molecular flexibility index (Phi) is 5.20. The summed E-state index contributed by atoms with van der Waals surface area (Å²) >= 11 is 5.89. The summed E-state index contributed by atoms with van der Waals surface area (Å²) in [7, 11) is 0. The minimum atomic E-state index is -0.123. The molecule has 0 spiro atoms. The number of pyridine rings is 1. The average molecular weight is 281 g/mol. The SMILES string of the molecule is CC1CCC(CCNC(=O)c2cccnc2Cl)CC1. The molecule has 1 aliphatic rings. The van der Waals surface area contributed by atoms with E-state index in [0.717, 1.165) is 24.8 Å². The maximum Gasteiger partial charge on any atom is 0.254 e. The predicted octanol–water partition coefficient (Wildman–Crippen LogP) is 3.68. The van der Waals surface area contributed by atoms with Crippen molar-refractivity contribution < 1.29 is 4.79 Å². The minimum absolute atomic E-state index is 0.123. The second-order valence-electron chi connectivity index (χ2n) is 5.51. The molecule has 1 aliphatic carbocycles. The predicted molar refractivity (Wildman–Crippen MR) is 77.3 cm³/mol. The Morgan fingerprint density at radius 1 is 1.42 bits per heavy atom. The second-order valence-corrected chi connectivity index (χ2v) is 5.87. The van der Waals surface area contributed by atoms with Crippen LogP contribution in [0.5, 0.6) is 0 Å². The molecule has 0 saturated heterocycles. The molecule has 104 valence electrons. The van der Waals surface area contributed by atoms with E-state index < -0.39 is 0 Å². The molecule has 2 rings (SSSR count). The molecule has 19 heavy (non-hydrogen) atoms. The average Bonchev–Trinajstić information content (AvgIpc) is 2.41. The van der Waals surface area contributed by atoms with Gasteiger partial charge in [-0.05, 0) is 30.4 Å². The van der Waals surface area contributed by atoms with Crippen LogP contribution in [-0.4, -0.2) is 17.4 Å². The van der Waals surface area contributed by atoms with E-state index in [1.807, 2.05) is 0 Å². The molecular weight excluding hydrogens is 260 g/mol. The zero-order valence-electron chi connectivity index (χ0n) is 11.4. The topological polar surface area (TPSA) is 42.0 Å². The van der Waals surface area contributed by atoms with E-state index in [1.165, 1.54) is 25.7 Å². The second kappa shape index (κ2) is 6.90. The van der Waals surface area contributed by atoms with Crippen LogP contribution in [0.2, 0.25) is 5.15 Å². The molecule has 1 amide bonds. The summed E-state index contributed by atoms with van der Waals surface area (Å²) in [5, 5.41) is 3.20. The molecule has 1 N–H and O–H groups in total. The van der Waals surface area contributed by atoms with Gasteiger partial charge < -0.3 is 5.32 Å². The van der Waals surface area contributed by atoms with Crippen LogP contribution in [0.15, 0.2) is 18.3 Å². The first kappa shape index (κ1) is 14.3. The maximum atomic E-state index is 11.9. The van der Waals surface area contributed by atoms with E-state index in [0.29, 0.717) is 5.56 Å². The number of hydrogen-bond acceptors (Lipinski definition) is 2. The molecule has 4 heteroatoms. The normalized spacial score (nSPS) is 23.1. The van der Waals surface area contributed by atoms with E-state index in [2.05, 4.69) is 17.2 Å². The molecule has 1 saturated carbocycles. The zero-order valence-corrected chi connectivity index (χ0v) is 12.1. The van der Waals surface area contributed by atoms with Crippen molar-refractivity contribution in [3.8, 4) is 0 Å². The fourth-order valence-electron chi connectivity index (χ4n) is 2.66. The Morgan fingerprint density at radius 3 is 2.84 bits per heavy atom. The van der Waals surface area contributed by atoms with Crippen molar-refractivity contribution in [1.29, 1.82) is 0 Å². The van der Waals surface area contributed by atoms with Gasteiger partial charge in [-0.3, -0.25) is 4.79 Å². The first-order valence-corrected chi connectivity index (χ1v) is 7.43. The Labute approximate surface area is 119 Å². The van der Waals surface area contributed by atoms with Crippen LogP contribution in [0.3, 0.4) is 0 Å². The number of halogens is 1. The highest BCUT2D eigenvalue weighted by atomic mass is 35.5. The van der Waals surface area contributed by atoms with Crippen LogP contribution >= 0.6 is 11.6 Å². The molecule has 0 bridgehead atoms. The van der Waals surface area contributed by atoms with Crippen LogP contribution in [0.1, 0.15) is 49.4 Å².